The summed E-state index contributed by atoms with van der Waals surface area (Å²) in [6.07, 6.45) is 0.256. The Balaban J connectivity index is 2.37. The second kappa shape index (κ2) is 5.46. The Hall–Kier alpha value is -1.46. The fourth-order valence-corrected chi connectivity index (χ4v) is 2.07. The lowest BCUT2D eigenvalue weighted by molar-refractivity contribution is 0.264. The molecule has 0 amide bonds. The monoisotopic (exact) mass is 269 g/mol. The molecule has 0 atom stereocenters. The average molecular weight is 270 g/mol. The zero-order valence-electron chi connectivity index (χ0n) is 9.90. The molecule has 0 saturated carbocycles. The molecule has 2 rings (SSSR count). The van der Waals surface area contributed by atoms with Crippen molar-refractivity contribution in [1.82, 2.24) is 14.8 Å². The summed E-state index contributed by atoms with van der Waals surface area (Å²) in [4.78, 5) is 0. The number of hydrogen-bond donors (Lipinski definition) is 1. The molecule has 0 aliphatic carbocycles. The van der Waals surface area contributed by atoms with E-state index in [1.807, 2.05) is 6.92 Å². The maximum absolute atomic E-state index is 13.7. The van der Waals surface area contributed by atoms with Crippen LogP contribution in [0.4, 0.5) is 4.39 Å². The minimum absolute atomic E-state index is 0.189. The largest absolute Gasteiger partial charge is 0.388 e. The van der Waals surface area contributed by atoms with Crippen LogP contribution in [-0.2, 0) is 19.6 Å². The van der Waals surface area contributed by atoms with Gasteiger partial charge < -0.3 is 9.67 Å². The lowest BCUT2D eigenvalue weighted by atomic mass is 10.1. The molecule has 96 valence electrons. The summed E-state index contributed by atoms with van der Waals surface area (Å²) < 4.78 is 15.4. The van der Waals surface area contributed by atoms with Crippen LogP contribution in [0.25, 0.3) is 0 Å². The first-order valence-corrected chi connectivity index (χ1v) is 5.99. The van der Waals surface area contributed by atoms with Gasteiger partial charge in [-0.2, -0.15) is 0 Å². The third-order valence-electron chi connectivity index (χ3n) is 2.76. The Morgan fingerprint density at radius 2 is 2.06 bits per heavy atom. The first-order valence-electron chi connectivity index (χ1n) is 5.62. The number of rotatable bonds is 4. The van der Waals surface area contributed by atoms with Gasteiger partial charge in [0.15, 0.2) is 5.82 Å². The predicted molar refractivity (Wildman–Crippen MR) is 65.8 cm³/mol. The molecular weight excluding hydrogens is 257 g/mol. The van der Waals surface area contributed by atoms with Gasteiger partial charge in [0.2, 0.25) is 0 Å². The molecule has 1 heterocycles. The van der Waals surface area contributed by atoms with Gasteiger partial charge in [0, 0.05) is 23.6 Å². The van der Waals surface area contributed by atoms with Crippen LogP contribution in [0.15, 0.2) is 18.2 Å². The third kappa shape index (κ3) is 2.37. The molecule has 0 aliphatic heterocycles. The molecule has 4 nitrogen and oxygen atoms in total. The van der Waals surface area contributed by atoms with Crippen molar-refractivity contribution in [2.24, 2.45) is 0 Å². The van der Waals surface area contributed by atoms with Gasteiger partial charge in [0.05, 0.1) is 0 Å². The molecule has 0 saturated heterocycles. The lowest BCUT2D eigenvalue weighted by Crippen LogP contribution is -2.07. The quantitative estimate of drug-likeness (QED) is 0.926. The van der Waals surface area contributed by atoms with Gasteiger partial charge in [0.1, 0.15) is 18.2 Å². The van der Waals surface area contributed by atoms with Crippen LogP contribution in [0.2, 0.25) is 5.02 Å². The van der Waals surface area contributed by atoms with Crippen LogP contribution in [0.1, 0.15) is 24.1 Å². The van der Waals surface area contributed by atoms with Gasteiger partial charge in [-0.15, -0.1) is 10.2 Å². The van der Waals surface area contributed by atoms with Crippen molar-refractivity contribution in [3.05, 3.63) is 46.3 Å². The lowest BCUT2D eigenvalue weighted by Gasteiger charge is -2.08. The van der Waals surface area contributed by atoms with E-state index in [9.17, 15) is 4.39 Å². The molecule has 0 unspecified atom stereocenters. The minimum Gasteiger partial charge on any atom is -0.388 e. The van der Waals surface area contributed by atoms with E-state index in [1.54, 1.807) is 16.7 Å². The summed E-state index contributed by atoms with van der Waals surface area (Å²) in [7, 11) is 0. The number of aliphatic hydroxyl groups excluding tert-OH is 1. The number of aromatic nitrogens is 3. The van der Waals surface area contributed by atoms with Crippen molar-refractivity contribution in [2.75, 3.05) is 0 Å². The van der Waals surface area contributed by atoms with Crippen LogP contribution >= 0.6 is 11.6 Å². The molecule has 0 aliphatic rings. The highest BCUT2D eigenvalue weighted by Crippen LogP contribution is 2.22. The zero-order chi connectivity index (χ0) is 13.1. The van der Waals surface area contributed by atoms with Crippen molar-refractivity contribution in [3.63, 3.8) is 0 Å². The number of hydrogen-bond acceptors (Lipinski definition) is 3. The fourth-order valence-electron chi connectivity index (χ4n) is 1.84. The van der Waals surface area contributed by atoms with E-state index in [4.69, 9.17) is 16.7 Å². The van der Waals surface area contributed by atoms with Crippen LogP contribution < -0.4 is 0 Å². The highest BCUT2D eigenvalue weighted by atomic mass is 35.5. The van der Waals surface area contributed by atoms with E-state index in [-0.39, 0.29) is 18.8 Å². The SMILES string of the molecule is CCn1c(CO)nnc1Cc1c(F)cccc1Cl. The predicted octanol–water partition coefficient (Wildman–Crippen LogP) is 2.17. The normalized spacial score (nSPS) is 10.9. The van der Waals surface area contributed by atoms with E-state index in [0.29, 0.717) is 28.8 Å². The first-order chi connectivity index (χ1) is 8.67. The standard InChI is InChI=1S/C12H13ClFN3O/c1-2-17-11(15-16-12(17)7-18)6-8-9(13)4-3-5-10(8)14/h3-5,18H,2,6-7H2,1H3. The van der Waals surface area contributed by atoms with Crippen LogP contribution in [0.3, 0.4) is 0 Å². The van der Waals surface area contributed by atoms with Crippen LogP contribution in [0.5, 0.6) is 0 Å². The van der Waals surface area contributed by atoms with Crippen LogP contribution in [0, 0.1) is 5.82 Å². The van der Waals surface area contributed by atoms with Crippen molar-refractivity contribution < 1.29 is 9.50 Å². The molecule has 1 N–H and O–H groups in total. The van der Waals surface area contributed by atoms with E-state index in [2.05, 4.69) is 10.2 Å². The Kier molecular flexibility index (Phi) is 3.93. The van der Waals surface area contributed by atoms with E-state index in [0.717, 1.165) is 0 Å². The zero-order valence-corrected chi connectivity index (χ0v) is 10.7. The Bertz CT molecular complexity index is 536. The van der Waals surface area contributed by atoms with Crippen molar-refractivity contribution in [2.45, 2.75) is 26.5 Å². The second-order valence-electron chi connectivity index (χ2n) is 3.81. The number of aliphatic hydroxyl groups is 1. The van der Waals surface area contributed by atoms with Gasteiger partial charge >= 0.3 is 0 Å². The average Bonchev–Trinajstić information content (AvgIpc) is 2.75. The van der Waals surface area contributed by atoms with Crippen molar-refractivity contribution in [1.29, 1.82) is 0 Å². The molecule has 0 fully saturated rings. The third-order valence-corrected chi connectivity index (χ3v) is 3.11. The number of benzene rings is 1. The second-order valence-corrected chi connectivity index (χ2v) is 4.22. The Morgan fingerprint density at radius 1 is 1.33 bits per heavy atom. The summed E-state index contributed by atoms with van der Waals surface area (Å²) in [5, 5.41) is 17.3. The first kappa shape index (κ1) is 13.0. The minimum atomic E-state index is -0.362. The van der Waals surface area contributed by atoms with Gasteiger partial charge in [-0.1, -0.05) is 17.7 Å². The van der Waals surface area contributed by atoms with E-state index in [1.165, 1.54) is 6.07 Å². The smallest absolute Gasteiger partial charge is 0.158 e. The highest BCUT2D eigenvalue weighted by Gasteiger charge is 2.14. The maximum Gasteiger partial charge on any atom is 0.158 e. The topological polar surface area (TPSA) is 50.9 Å². The summed E-state index contributed by atoms with van der Waals surface area (Å²) >= 11 is 5.97. The van der Waals surface area contributed by atoms with Gasteiger partial charge in [-0.25, -0.2) is 4.39 Å². The van der Waals surface area contributed by atoms with Crippen molar-refractivity contribution >= 4 is 11.6 Å². The van der Waals surface area contributed by atoms with E-state index >= 15 is 0 Å². The highest BCUT2D eigenvalue weighted by molar-refractivity contribution is 6.31. The molecule has 1 aromatic heterocycles. The van der Waals surface area contributed by atoms with Gasteiger partial charge in [-0.05, 0) is 19.1 Å². The van der Waals surface area contributed by atoms with Gasteiger partial charge in [-0.3, -0.25) is 0 Å². The van der Waals surface area contributed by atoms with Crippen molar-refractivity contribution in [3.8, 4) is 0 Å². The molecule has 2 aromatic rings. The maximum atomic E-state index is 13.7. The molecule has 0 bridgehead atoms. The molecule has 0 radical (unpaired) electrons. The van der Waals surface area contributed by atoms with E-state index < -0.39 is 0 Å². The molecule has 1 aromatic carbocycles. The molecule has 0 spiro atoms. The summed E-state index contributed by atoms with van der Waals surface area (Å²) in [5.41, 5.74) is 0.394. The number of halogens is 2. The summed E-state index contributed by atoms with van der Waals surface area (Å²) in [6, 6.07) is 4.56. The molecular formula is C12H13ClFN3O. The fraction of sp³-hybridized carbons (Fsp3) is 0.333. The Morgan fingerprint density at radius 3 is 2.67 bits per heavy atom. The molecule has 18 heavy (non-hydrogen) atoms. The Labute approximate surface area is 109 Å². The molecule has 6 heteroatoms. The van der Waals surface area contributed by atoms with Crippen LogP contribution in [-0.4, -0.2) is 19.9 Å². The summed E-state index contributed by atoms with van der Waals surface area (Å²) in [6.45, 7) is 2.34. The number of nitrogens with zero attached hydrogens (tertiary/aromatic N) is 3. The summed E-state index contributed by atoms with van der Waals surface area (Å²) in [5.74, 6) is 0.701. The van der Waals surface area contributed by atoms with Gasteiger partial charge in [0.25, 0.3) is 0 Å².